The number of anilines is 3. The normalized spacial score (nSPS) is 17.4. The van der Waals surface area contributed by atoms with Crippen molar-refractivity contribution in [2.24, 2.45) is 5.92 Å². The summed E-state index contributed by atoms with van der Waals surface area (Å²) in [6.07, 6.45) is -0.589. The van der Waals surface area contributed by atoms with Crippen LogP contribution in [0.5, 0.6) is 0 Å². The van der Waals surface area contributed by atoms with E-state index in [0.29, 0.717) is 38.2 Å². The Morgan fingerprint density at radius 3 is 2.07 bits per heavy atom. The first-order valence-corrected chi connectivity index (χ1v) is 14.3. The Hall–Kier alpha value is -2.68. The molecule has 0 spiro atoms. The molecule has 1 fully saturated rings. The van der Waals surface area contributed by atoms with Gasteiger partial charge in [-0.15, -0.1) is 23.2 Å². The Morgan fingerprint density at radius 2 is 1.44 bits per heavy atom. The summed E-state index contributed by atoms with van der Waals surface area (Å²) < 4.78 is 3.93. The van der Waals surface area contributed by atoms with Gasteiger partial charge in [0.2, 0.25) is 5.91 Å². The highest BCUT2D eigenvalue weighted by atomic mass is 35.5. The highest BCUT2D eigenvalue weighted by molar-refractivity contribution is 6.53. The average Bonchev–Trinajstić information content (AvgIpc) is 3.44. The summed E-state index contributed by atoms with van der Waals surface area (Å²) in [4.78, 5) is 38.3. The Labute approximate surface area is 262 Å². The van der Waals surface area contributed by atoms with Gasteiger partial charge in [0.05, 0.1) is 26.5 Å². The van der Waals surface area contributed by atoms with Crippen molar-refractivity contribution >= 4 is 93.0 Å². The van der Waals surface area contributed by atoms with E-state index in [4.69, 9.17) is 62.7 Å². The van der Waals surface area contributed by atoms with Gasteiger partial charge in [-0.3, -0.25) is 14.9 Å². The molecule has 1 saturated carbocycles. The van der Waals surface area contributed by atoms with Crippen LogP contribution in [-0.4, -0.2) is 27.8 Å². The van der Waals surface area contributed by atoms with E-state index in [1.54, 1.807) is 70.2 Å². The number of rotatable bonds is 6. The molecule has 0 aromatic heterocycles. The van der Waals surface area contributed by atoms with E-state index in [1.807, 2.05) is 0 Å². The SMILES string of the molecule is Cc1cc(NC(=O)OC(C)(C)C)ccc1NC(=O)c1cc(NC(=O)C2C(c3ccc(Cl)c(Cl)c3)C2(Cl)Cl)ccc1Cl. The molecule has 0 bridgehead atoms. The number of hydrogen-bond donors (Lipinski definition) is 3. The molecule has 1 aliphatic carbocycles. The lowest BCUT2D eigenvalue weighted by molar-refractivity contribution is -0.117. The summed E-state index contributed by atoms with van der Waals surface area (Å²) in [6.45, 7) is 7.08. The van der Waals surface area contributed by atoms with Crippen LogP contribution in [0, 0.1) is 12.8 Å². The standard InChI is InChI=1S/C29H26Cl5N3O4/c1-14-11-16(36-27(40)41-28(2,3)4)7-10-22(14)37-25(38)18-13-17(6-9-19(18)30)35-26(39)24-23(29(24,33)34)15-5-8-20(31)21(32)12-15/h5-13,23-24H,1-4H3,(H,35,39)(H,36,40)(H,37,38). The summed E-state index contributed by atoms with van der Waals surface area (Å²) in [5.74, 6) is -2.17. The van der Waals surface area contributed by atoms with Crippen LogP contribution < -0.4 is 16.0 Å². The lowest BCUT2D eigenvalue weighted by atomic mass is 10.1. The molecule has 216 valence electrons. The van der Waals surface area contributed by atoms with Crippen molar-refractivity contribution in [2.45, 2.75) is 43.5 Å². The number of carbonyl (C=O) groups excluding carboxylic acids is 3. The molecule has 12 heteroatoms. The van der Waals surface area contributed by atoms with Gasteiger partial charge >= 0.3 is 6.09 Å². The van der Waals surface area contributed by atoms with E-state index in [9.17, 15) is 14.4 Å². The molecular formula is C29H26Cl5N3O4. The Balaban J connectivity index is 1.44. The van der Waals surface area contributed by atoms with E-state index >= 15 is 0 Å². The number of halogens is 5. The van der Waals surface area contributed by atoms with Crippen molar-refractivity contribution in [1.82, 2.24) is 0 Å². The van der Waals surface area contributed by atoms with Gasteiger partial charge in [0, 0.05) is 23.0 Å². The van der Waals surface area contributed by atoms with Gasteiger partial charge in [-0.05, 0) is 87.4 Å². The molecule has 1 aliphatic rings. The lowest BCUT2D eigenvalue weighted by Crippen LogP contribution is -2.27. The van der Waals surface area contributed by atoms with Crippen molar-refractivity contribution in [3.8, 4) is 0 Å². The Morgan fingerprint density at radius 1 is 0.805 bits per heavy atom. The number of alkyl halides is 2. The lowest BCUT2D eigenvalue weighted by Gasteiger charge is -2.20. The van der Waals surface area contributed by atoms with Crippen LogP contribution in [0.15, 0.2) is 54.6 Å². The fourth-order valence-electron chi connectivity index (χ4n) is 4.26. The molecular weight excluding hydrogens is 632 g/mol. The Bertz CT molecular complexity index is 1540. The van der Waals surface area contributed by atoms with E-state index < -0.39 is 39.7 Å². The molecule has 7 nitrogen and oxygen atoms in total. The zero-order valence-corrected chi connectivity index (χ0v) is 26.2. The Kier molecular flexibility index (Phi) is 9.07. The first-order chi connectivity index (χ1) is 19.1. The summed E-state index contributed by atoms with van der Waals surface area (Å²) in [5.41, 5.74) is 2.22. The minimum Gasteiger partial charge on any atom is -0.444 e. The molecule has 0 aliphatic heterocycles. The average molecular weight is 658 g/mol. The number of hydrogen-bond acceptors (Lipinski definition) is 4. The quantitative estimate of drug-likeness (QED) is 0.231. The van der Waals surface area contributed by atoms with Crippen molar-refractivity contribution in [3.63, 3.8) is 0 Å². The van der Waals surface area contributed by atoms with Gasteiger partial charge in [-0.2, -0.15) is 0 Å². The van der Waals surface area contributed by atoms with Crippen LogP contribution in [-0.2, 0) is 9.53 Å². The zero-order valence-electron chi connectivity index (χ0n) is 22.4. The molecule has 41 heavy (non-hydrogen) atoms. The maximum Gasteiger partial charge on any atom is 0.412 e. The fourth-order valence-corrected chi connectivity index (χ4v) is 5.60. The highest BCUT2D eigenvalue weighted by Gasteiger charge is 2.67. The van der Waals surface area contributed by atoms with Crippen LogP contribution >= 0.6 is 58.0 Å². The maximum atomic E-state index is 13.1. The summed E-state index contributed by atoms with van der Waals surface area (Å²) in [5, 5.41) is 9.13. The highest BCUT2D eigenvalue weighted by Crippen LogP contribution is 2.65. The van der Waals surface area contributed by atoms with Crippen LogP contribution in [0.1, 0.15) is 48.2 Å². The van der Waals surface area contributed by atoms with Crippen LogP contribution in [0.4, 0.5) is 21.9 Å². The first-order valence-electron chi connectivity index (χ1n) is 12.4. The molecule has 3 N–H and O–H groups in total. The zero-order chi connectivity index (χ0) is 30.3. The van der Waals surface area contributed by atoms with E-state index in [0.717, 1.165) is 0 Å². The summed E-state index contributed by atoms with van der Waals surface area (Å²) in [7, 11) is 0. The van der Waals surface area contributed by atoms with E-state index in [-0.39, 0.29) is 10.6 Å². The third-order valence-electron chi connectivity index (χ3n) is 6.24. The smallest absolute Gasteiger partial charge is 0.412 e. The van der Waals surface area contributed by atoms with Gasteiger partial charge in [0.1, 0.15) is 9.93 Å². The van der Waals surface area contributed by atoms with Gasteiger partial charge in [-0.1, -0.05) is 40.9 Å². The van der Waals surface area contributed by atoms with E-state index in [2.05, 4.69) is 16.0 Å². The maximum absolute atomic E-state index is 13.1. The molecule has 0 heterocycles. The van der Waals surface area contributed by atoms with Gasteiger partial charge in [0.15, 0.2) is 0 Å². The predicted molar refractivity (Wildman–Crippen MR) is 166 cm³/mol. The number of aryl methyl sites for hydroxylation is 1. The molecule has 0 radical (unpaired) electrons. The molecule has 2 atom stereocenters. The predicted octanol–water partition coefficient (Wildman–Crippen LogP) is 9.08. The molecule has 0 saturated heterocycles. The summed E-state index contributed by atoms with van der Waals surface area (Å²) >= 11 is 31.3. The summed E-state index contributed by atoms with van der Waals surface area (Å²) in [6, 6.07) is 14.5. The minimum absolute atomic E-state index is 0.139. The second-order valence-electron chi connectivity index (χ2n) is 10.6. The first kappa shape index (κ1) is 31.3. The number of amides is 3. The molecule has 2 unspecified atom stereocenters. The number of ether oxygens (including phenoxy) is 1. The van der Waals surface area contributed by atoms with Crippen LogP contribution in [0.25, 0.3) is 0 Å². The molecule has 4 rings (SSSR count). The van der Waals surface area contributed by atoms with Crippen molar-refractivity contribution in [1.29, 1.82) is 0 Å². The largest absolute Gasteiger partial charge is 0.444 e. The van der Waals surface area contributed by atoms with Gasteiger partial charge in [0.25, 0.3) is 5.91 Å². The molecule has 3 aromatic rings. The second kappa shape index (κ2) is 11.9. The minimum atomic E-state index is -1.34. The third kappa shape index (κ3) is 7.40. The second-order valence-corrected chi connectivity index (χ2v) is 13.3. The van der Waals surface area contributed by atoms with Crippen molar-refractivity contribution < 1.29 is 19.1 Å². The van der Waals surface area contributed by atoms with E-state index in [1.165, 1.54) is 12.1 Å². The van der Waals surface area contributed by atoms with Crippen LogP contribution in [0.3, 0.4) is 0 Å². The third-order valence-corrected chi connectivity index (χ3v) is 8.25. The van der Waals surface area contributed by atoms with Crippen molar-refractivity contribution in [2.75, 3.05) is 16.0 Å². The molecule has 3 amide bonds. The number of benzene rings is 3. The topological polar surface area (TPSA) is 96.5 Å². The van der Waals surface area contributed by atoms with Crippen LogP contribution in [0.2, 0.25) is 15.1 Å². The van der Waals surface area contributed by atoms with Gasteiger partial charge in [-0.25, -0.2) is 4.79 Å². The number of carbonyl (C=O) groups is 3. The van der Waals surface area contributed by atoms with Crippen molar-refractivity contribution in [3.05, 3.63) is 86.4 Å². The molecule has 3 aromatic carbocycles. The monoisotopic (exact) mass is 655 g/mol. The number of nitrogens with one attached hydrogen (secondary N) is 3. The van der Waals surface area contributed by atoms with Gasteiger partial charge < -0.3 is 15.4 Å². The fraction of sp³-hybridized carbons (Fsp3) is 0.276.